The van der Waals surface area contributed by atoms with Crippen LogP contribution >= 0.6 is 0 Å². The molecule has 0 saturated carbocycles. The zero-order chi connectivity index (χ0) is 24.8. The second-order valence-corrected chi connectivity index (χ2v) is 10.4. The number of ether oxygens (including phenoxy) is 3. The lowest BCUT2D eigenvalue weighted by atomic mass is 10.0. The van der Waals surface area contributed by atoms with Crippen molar-refractivity contribution in [2.75, 3.05) is 14.2 Å². The fourth-order valence-corrected chi connectivity index (χ4v) is 5.37. The van der Waals surface area contributed by atoms with Crippen molar-refractivity contribution in [1.29, 1.82) is 0 Å². The summed E-state index contributed by atoms with van der Waals surface area (Å²) in [5, 5.41) is 0. The van der Waals surface area contributed by atoms with Gasteiger partial charge in [-0.3, -0.25) is 4.18 Å². The van der Waals surface area contributed by atoms with Crippen LogP contribution in [0.1, 0.15) is 42.4 Å². The highest BCUT2D eigenvalue weighted by Crippen LogP contribution is 2.38. The molecule has 4 rings (SSSR count). The van der Waals surface area contributed by atoms with Gasteiger partial charge in [-0.1, -0.05) is 36.2 Å². The Morgan fingerprint density at radius 2 is 1.37 bits per heavy atom. The SMILES string of the molecule is COc1ccc2cc1Oc1cc(ccc1OC)CCC(OS(=O)(=O)c1ccc(C)cc1)CCCC2. The smallest absolute Gasteiger partial charge is 0.297 e. The Kier molecular flexibility index (Phi) is 7.98. The maximum Gasteiger partial charge on any atom is 0.297 e. The van der Waals surface area contributed by atoms with E-state index in [4.69, 9.17) is 18.4 Å². The summed E-state index contributed by atoms with van der Waals surface area (Å²) in [6, 6.07) is 18.5. The van der Waals surface area contributed by atoms with Gasteiger partial charge >= 0.3 is 0 Å². The number of fused-ring (bicyclic) bond motifs is 4. The van der Waals surface area contributed by atoms with E-state index < -0.39 is 16.2 Å². The molecule has 7 heteroatoms. The molecule has 4 bridgehead atoms. The summed E-state index contributed by atoms with van der Waals surface area (Å²) >= 11 is 0. The minimum Gasteiger partial charge on any atom is -0.493 e. The van der Waals surface area contributed by atoms with Crippen molar-refractivity contribution in [2.24, 2.45) is 0 Å². The third-order valence-electron chi connectivity index (χ3n) is 6.24. The van der Waals surface area contributed by atoms with E-state index in [-0.39, 0.29) is 4.90 Å². The molecule has 0 aromatic heterocycles. The number of hydrogen-bond donors (Lipinski definition) is 0. The molecule has 0 amide bonds. The lowest BCUT2D eigenvalue weighted by Gasteiger charge is -2.20. The Hall–Kier alpha value is -3.03. The van der Waals surface area contributed by atoms with Gasteiger partial charge in [0.15, 0.2) is 23.0 Å². The normalized spacial score (nSPS) is 16.6. The van der Waals surface area contributed by atoms with Crippen molar-refractivity contribution in [1.82, 2.24) is 0 Å². The van der Waals surface area contributed by atoms with Gasteiger partial charge in [-0.05, 0) is 86.6 Å². The van der Waals surface area contributed by atoms with Gasteiger partial charge in [-0.2, -0.15) is 8.42 Å². The van der Waals surface area contributed by atoms with Gasteiger partial charge < -0.3 is 14.2 Å². The molecule has 3 aromatic rings. The molecule has 0 saturated heterocycles. The summed E-state index contributed by atoms with van der Waals surface area (Å²) in [5.74, 6) is 2.50. The second kappa shape index (κ2) is 11.1. The fraction of sp³-hybridized carbons (Fsp3) is 0.357. The van der Waals surface area contributed by atoms with Crippen LogP contribution in [-0.2, 0) is 27.1 Å². The van der Waals surface area contributed by atoms with Crippen LogP contribution < -0.4 is 14.2 Å². The minimum atomic E-state index is -3.85. The molecular weight excluding hydrogens is 464 g/mol. The molecule has 0 N–H and O–H groups in total. The van der Waals surface area contributed by atoms with Crippen molar-refractivity contribution in [2.45, 2.75) is 56.4 Å². The maximum atomic E-state index is 13.0. The van der Waals surface area contributed by atoms with Crippen molar-refractivity contribution >= 4 is 10.1 Å². The summed E-state index contributed by atoms with van der Waals surface area (Å²) in [5.41, 5.74) is 3.13. The quantitative estimate of drug-likeness (QED) is 0.390. The molecule has 3 aromatic carbocycles. The zero-order valence-corrected chi connectivity index (χ0v) is 21.3. The molecular formula is C28H32O6S. The van der Waals surface area contributed by atoms with Crippen molar-refractivity contribution in [3.63, 3.8) is 0 Å². The predicted molar refractivity (Wildman–Crippen MR) is 135 cm³/mol. The molecule has 1 aliphatic heterocycles. The van der Waals surface area contributed by atoms with E-state index in [1.165, 1.54) is 0 Å². The highest BCUT2D eigenvalue weighted by molar-refractivity contribution is 7.86. The molecule has 0 fully saturated rings. The fourth-order valence-electron chi connectivity index (χ4n) is 4.24. The number of rotatable bonds is 5. The van der Waals surface area contributed by atoms with Gasteiger partial charge in [0.25, 0.3) is 10.1 Å². The molecule has 1 heterocycles. The predicted octanol–water partition coefficient (Wildman–Crippen LogP) is 6.24. The Labute approximate surface area is 207 Å². The van der Waals surface area contributed by atoms with Gasteiger partial charge in [-0.15, -0.1) is 0 Å². The van der Waals surface area contributed by atoms with Crippen LogP contribution in [-0.4, -0.2) is 28.7 Å². The van der Waals surface area contributed by atoms with Crippen LogP contribution in [0.25, 0.3) is 0 Å². The van der Waals surface area contributed by atoms with Crippen LogP contribution in [0, 0.1) is 6.92 Å². The van der Waals surface area contributed by atoms with Crippen LogP contribution in [0.15, 0.2) is 65.6 Å². The average molecular weight is 497 g/mol. The van der Waals surface area contributed by atoms with Crippen molar-refractivity contribution < 1.29 is 26.8 Å². The van der Waals surface area contributed by atoms with Crippen LogP contribution in [0.5, 0.6) is 23.0 Å². The Morgan fingerprint density at radius 3 is 1.97 bits per heavy atom. The van der Waals surface area contributed by atoms with Gasteiger partial charge in [0.2, 0.25) is 0 Å². The van der Waals surface area contributed by atoms with Crippen molar-refractivity contribution in [3.05, 3.63) is 77.4 Å². The molecule has 0 spiro atoms. The van der Waals surface area contributed by atoms with E-state index >= 15 is 0 Å². The summed E-state index contributed by atoms with van der Waals surface area (Å²) in [7, 11) is -0.617. The molecule has 1 atom stereocenters. The molecule has 0 aliphatic carbocycles. The van der Waals surface area contributed by atoms with Crippen molar-refractivity contribution in [3.8, 4) is 23.0 Å². The molecule has 186 valence electrons. The second-order valence-electron chi connectivity index (χ2n) is 8.84. The number of benzene rings is 3. The largest absolute Gasteiger partial charge is 0.493 e. The Morgan fingerprint density at radius 1 is 0.771 bits per heavy atom. The topological polar surface area (TPSA) is 71.1 Å². The third kappa shape index (κ3) is 6.35. The third-order valence-corrected chi connectivity index (χ3v) is 7.62. The highest BCUT2D eigenvalue weighted by Gasteiger charge is 2.22. The molecule has 6 nitrogen and oxygen atoms in total. The summed E-state index contributed by atoms with van der Waals surface area (Å²) < 4.78 is 48.9. The maximum absolute atomic E-state index is 13.0. The minimum absolute atomic E-state index is 0.188. The van der Waals surface area contributed by atoms with E-state index in [9.17, 15) is 8.42 Å². The Balaban J connectivity index is 1.61. The highest BCUT2D eigenvalue weighted by atomic mass is 32.2. The number of methoxy groups -OCH3 is 2. The summed E-state index contributed by atoms with van der Waals surface area (Å²) in [6.07, 6.45) is 4.07. The molecule has 1 aliphatic rings. The zero-order valence-electron chi connectivity index (χ0n) is 20.5. The van der Waals surface area contributed by atoms with Gasteiger partial charge in [-0.25, -0.2) is 0 Å². The van der Waals surface area contributed by atoms with Gasteiger partial charge in [0.05, 0.1) is 25.2 Å². The van der Waals surface area contributed by atoms with E-state index in [2.05, 4.69) is 0 Å². The first-order chi connectivity index (χ1) is 16.9. The van der Waals surface area contributed by atoms with E-state index in [1.54, 1.807) is 38.5 Å². The lowest BCUT2D eigenvalue weighted by Crippen LogP contribution is -2.20. The standard InChI is InChI=1S/C28H32O6S/c1-20-8-14-24(15-9-20)35(29,30)34-23-7-5-4-6-21-11-16-25(31-2)27(18-21)33-28-19-22(10-13-23)12-17-26(28)32-3/h8-9,11-12,14-19,23H,4-7,10,13H2,1-3H3. The average Bonchev–Trinajstić information content (AvgIpc) is 2.85. The first kappa shape index (κ1) is 25.1. The monoisotopic (exact) mass is 496 g/mol. The molecule has 0 radical (unpaired) electrons. The summed E-state index contributed by atoms with van der Waals surface area (Å²) in [4.78, 5) is 0.188. The first-order valence-corrected chi connectivity index (χ1v) is 13.3. The molecule has 1 unspecified atom stereocenters. The van der Waals surface area contributed by atoms with Gasteiger partial charge in [0.1, 0.15) is 0 Å². The van der Waals surface area contributed by atoms with Crippen LogP contribution in [0.3, 0.4) is 0 Å². The Bertz CT molecular complexity index is 1250. The summed E-state index contributed by atoms with van der Waals surface area (Å²) in [6.45, 7) is 1.92. The first-order valence-electron chi connectivity index (χ1n) is 11.9. The lowest BCUT2D eigenvalue weighted by molar-refractivity contribution is 0.185. The van der Waals surface area contributed by atoms with E-state index in [0.29, 0.717) is 42.3 Å². The number of aryl methyl sites for hydroxylation is 3. The van der Waals surface area contributed by atoms with Crippen LogP contribution in [0.4, 0.5) is 0 Å². The molecule has 35 heavy (non-hydrogen) atoms. The van der Waals surface area contributed by atoms with Crippen LogP contribution in [0.2, 0.25) is 0 Å². The number of hydrogen-bond acceptors (Lipinski definition) is 6. The van der Waals surface area contributed by atoms with E-state index in [1.807, 2.05) is 43.3 Å². The van der Waals surface area contributed by atoms with Gasteiger partial charge in [0, 0.05) is 0 Å². The van der Waals surface area contributed by atoms with E-state index in [0.717, 1.165) is 36.0 Å².